The van der Waals surface area contributed by atoms with Crippen LogP contribution in [0.4, 0.5) is 5.69 Å². The van der Waals surface area contributed by atoms with Crippen molar-refractivity contribution in [3.63, 3.8) is 0 Å². The highest BCUT2D eigenvalue weighted by Crippen LogP contribution is 2.27. The minimum atomic E-state index is -0.519. The van der Waals surface area contributed by atoms with Crippen molar-refractivity contribution in [3.8, 4) is 0 Å². The van der Waals surface area contributed by atoms with Gasteiger partial charge in [0, 0.05) is 16.9 Å². The van der Waals surface area contributed by atoms with E-state index in [0.717, 1.165) is 24.8 Å². The average Bonchev–Trinajstić information content (AvgIpc) is 2.74. The van der Waals surface area contributed by atoms with Crippen LogP contribution in [0.15, 0.2) is 18.2 Å². The minimum absolute atomic E-state index is 0.0487. The van der Waals surface area contributed by atoms with Gasteiger partial charge in [-0.15, -0.1) is 0 Å². The fourth-order valence-electron chi connectivity index (χ4n) is 2.31. The number of nitrogens with one attached hydrogen (secondary N) is 1. The lowest BCUT2D eigenvalue weighted by Gasteiger charge is -2.16. The molecule has 1 aliphatic rings. The van der Waals surface area contributed by atoms with Crippen molar-refractivity contribution >= 4 is 27.5 Å². The molecule has 1 aromatic carbocycles. The monoisotopic (exact) mass is 326 g/mol. The summed E-state index contributed by atoms with van der Waals surface area (Å²) in [5.74, 6) is -0.369. The Hall–Kier alpha value is -1.43. The SMILES string of the molecule is Cc1ccc([N+](=O)[O-])c(C(=O)NC2CCCC2Br)c1. The van der Waals surface area contributed by atoms with Gasteiger partial charge in [0.2, 0.25) is 0 Å². The van der Waals surface area contributed by atoms with Crippen LogP contribution in [0.1, 0.15) is 35.2 Å². The van der Waals surface area contributed by atoms with E-state index in [0.29, 0.717) is 0 Å². The zero-order chi connectivity index (χ0) is 14.0. The van der Waals surface area contributed by atoms with Gasteiger partial charge < -0.3 is 5.32 Å². The second-order valence-corrected chi connectivity index (χ2v) is 5.98. The lowest BCUT2D eigenvalue weighted by atomic mass is 10.1. The van der Waals surface area contributed by atoms with Gasteiger partial charge in [-0.2, -0.15) is 0 Å². The van der Waals surface area contributed by atoms with Crippen LogP contribution >= 0.6 is 15.9 Å². The Balaban J connectivity index is 2.22. The first-order valence-electron chi connectivity index (χ1n) is 6.19. The molecule has 6 heteroatoms. The van der Waals surface area contributed by atoms with Crippen LogP contribution in [-0.4, -0.2) is 21.7 Å². The van der Waals surface area contributed by atoms with E-state index in [1.54, 1.807) is 12.1 Å². The van der Waals surface area contributed by atoms with Crippen LogP contribution in [0.3, 0.4) is 0 Å². The number of hydrogen-bond acceptors (Lipinski definition) is 3. The molecule has 1 fully saturated rings. The van der Waals surface area contributed by atoms with Gasteiger partial charge in [0.25, 0.3) is 11.6 Å². The number of alkyl halides is 1. The van der Waals surface area contributed by atoms with Crippen molar-refractivity contribution in [3.05, 3.63) is 39.4 Å². The number of hydrogen-bond donors (Lipinski definition) is 1. The van der Waals surface area contributed by atoms with E-state index in [9.17, 15) is 14.9 Å². The molecule has 0 bridgehead atoms. The Morgan fingerprint density at radius 3 is 2.79 bits per heavy atom. The summed E-state index contributed by atoms with van der Waals surface area (Å²) in [6.07, 6.45) is 2.97. The van der Waals surface area contributed by atoms with Gasteiger partial charge in [-0.25, -0.2) is 0 Å². The topological polar surface area (TPSA) is 72.2 Å². The Kier molecular flexibility index (Phi) is 4.19. The molecule has 0 radical (unpaired) electrons. The third-order valence-corrected chi connectivity index (χ3v) is 4.44. The van der Waals surface area contributed by atoms with E-state index < -0.39 is 4.92 Å². The zero-order valence-electron chi connectivity index (χ0n) is 10.6. The van der Waals surface area contributed by atoms with Gasteiger partial charge in [0.15, 0.2) is 0 Å². The maximum absolute atomic E-state index is 12.2. The first kappa shape index (κ1) is 14.0. The van der Waals surface area contributed by atoms with Gasteiger partial charge in [0.05, 0.1) is 4.92 Å². The number of nitro benzene ring substituents is 1. The first-order chi connectivity index (χ1) is 8.99. The average molecular weight is 327 g/mol. The highest BCUT2D eigenvalue weighted by atomic mass is 79.9. The fourth-order valence-corrected chi connectivity index (χ4v) is 3.03. The normalized spacial score (nSPS) is 22.2. The summed E-state index contributed by atoms with van der Waals surface area (Å²) in [5.41, 5.74) is 0.821. The second kappa shape index (κ2) is 5.69. The third kappa shape index (κ3) is 3.12. The summed E-state index contributed by atoms with van der Waals surface area (Å²) in [6.45, 7) is 1.81. The number of halogens is 1. The Morgan fingerprint density at radius 2 is 2.21 bits per heavy atom. The maximum Gasteiger partial charge on any atom is 0.282 e. The van der Waals surface area contributed by atoms with Gasteiger partial charge in [-0.1, -0.05) is 28.4 Å². The van der Waals surface area contributed by atoms with Gasteiger partial charge in [-0.05, 0) is 31.4 Å². The fraction of sp³-hybridized carbons (Fsp3) is 0.462. The summed E-state index contributed by atoms with van der Waals surface area (Å²) in [5, 5.41) is 13.8. The minimum Gasteiger partial charge on any atom is -0.348 e. The molecule has 1 amide bonds. The molecule has 2 rings (SSSR count). The summed E-state index contributed by atoms with van der Waals surface area (Å²) in [6, 6.07) is 4.63. The van der Waals surface area contributed by atoms with Crippen molar-refractivity contribution in [2.75, 3.05) is 0 Å². The van der Waals surface area contributed by atoms with Crippen molar-refractivity contribution in [1.82, 2.24) is 5.32 Å². The molecule has 19 heavy (non-hydrogen) atoms. The van der Waals surface area contributed by atoms with Crippen LogP contribution < -0.4 is 5.32 Å². The number of nitro groups is 1. The van der Waals surface area contributed by atoms with E-state index in [1.165, 1.54) is 6.07 Å². The van der Waals surface area contributed by atoms with Crippen LogP contribution in [-0.2, 0) is 0 Å². The van der Waals surface area contributed by atoms with Gasteiger partial charge in [-0.3, -0.25) is 14.9 Å². The van der Waals surface area contributed by atoms with E-state index in [-0.39, 0.29) is 28.0 Å². The zero-order valence-corrected chi connectivity index (χ0v) is 12.1. The molecule has 0 spiro atoms. The smallest absolute Gasteiger partial charge is 0.282 e. The van der Waals surface area contributed by atoms with Crippen LogP contribution in [0.2, 0.25) is 0 Å². The third-order valence-electron chi connectivity index (χ3n) is 3.34. The molecular weight excluding hydrogens is 312 g/mol. The molecular formula is C13H15BrN2O3. The van der Waals surface area contributed by atoms with Crippen molar-refractivity contribution in [1.29, 1.82) is 0 Å². The quantitative estimate of drug-likeness (QED) is 0.527. The van der Waals surface area contributed by atoms with Crippen LogP contribution in [0, 0.1) is 17.0 Å². The summed E-state index contributed by atoms with van der Waals surface area (Å²) >= 11 is 3.52. The van der Waals surface area contributed by atoms with Gasteiger partial charge >= 0.3 is 0 Å². The van der Waals surface area contributed by atoms with E-state index in [1.807, 2.05) is 6.92 Å². The van der Waals surface area contributed by atoms with E-state index >= 15 is 0 Å². The number of rotatable bonds is 3. The van der Waals surface area contributed by atoms with Crippen LogP contribution in [0.5, 0.6) is 0 Å². The lowest BCUT2D eigenvalue weighted by Crippen LogP contribution is -2.37. The Labute approximate surface area is 119 Å². The van der Waals surface area contributed by atoms with E-state index in [2.05, 4.69) is 21.2 Å². The molecule has 0 saturated heterocycles. The van der Waals surface area contributed by atoms with Crippen molar-refractivity contribution in [2.45, 2.75) is 37.1 Å². The molecule has 5 nitrogen and oxygen atoms in total. The van der Waals surface area contributed by atoms with E-state index in [4.69, 9.17) is 0 Å². The predicted octanol–water partition coefficient (Wildman–Crippen LogP) is 2.95. The van der Waals surface area contributed by atoms with Crippen LogP contribution in [0.25, 0.3) is 0 Å². The number of aryl methyl sites for hydroxylation is 1. The van der Waals surface area contributed by atoms with Crippen molar-refractivity contribution in [2.24, 2.45) is 0 Å². The maximum atomic E-state index is 12.2. The highest BCUT2D eigenvalue weighted by Gasteiger charge is 2.28. The molecule has 102 valence electrons. The number of benzene rings is 1. The number of amides is 1. The summed E-state index contributed by atoms with van der Waals surface area (Å²) in [4.78, 5) is 22.9. The molecule has 1 aliphatic carbocycles. The predicted molar refractivity (Wildman–Crippen MR) is 75.7 cm³/mol. The summed E-state index contributed by atoms with van der Waals surface area (Å²) < 4.78 is 0. The molecule has 0 aliphatic heterocycles. The summed E-state index contributed by atoms with van der Waals surface area (Å²) in [7, 11) is 0. The second-order valence-electron chi connectivity index (χ2n) is 4.80. The van der Waals surface area contributed by atoms with Crippen molar-refractivity contribution < 1.29 is 9.72 Å². The highest BCUT2D eigenvalue weighted by molar-refractivity contribution is 9.09. The lowest BCUT2D eigenvalue weighted by molar-refractivity contribution is -0.385. The first-order valence-corrected chi connectivity index (χ1v) is 7.10. The molecule has 1 N–H and O–H groups in total. The number of nitrogens with zero attached hydrogens (tertiary/aromatic N) is 1. The molecule has 2 unspecified atom stereocenters. The molecule has 0 aromatic heterocycles. The molecule has 2 atom stereocenters. The molecule has 0 heterocycles. The molecule has 1 saturated carbocycles. The number of carbonyl (C=O) groups is 1. The molecule has 1 aromatic rings. The number of carbonyl (C=O) groups excluding carboxylic acids is 1. The largest absolute Gasteiger partial charge is 0.348 e. The van der Waals surface area contributed by atoms with Gasteiger partial charge in [0.1, 0.15) is 5.56 Å². The standard InChI is InChI=1S/C13H15BrN2O3/c1-8-5-6-12(16(18)19)9(7-8)13(17)15-11-4-2-3-10(11)14/h5-7,10-11H,2-4H2,1H3,(H,15,17). The Bertz CT molecular complexity index is 519. The Morgan fingerprint density at radius 1 is 1.47 bits per heavy atom.